The number of nitrogens with one attached hydrogen (secondary N) is 1. The number of nitrogens with two attached hydrogens (primary N) is 1. The van der Waals surface area contributed by atoms with Gasteiger partial charge in [0.1, 0.15) is 12.6 Å². The van der Waals surface area contributed by atoms with Crippen LogP contribution in [0.2, 0.25) is 5.02 Å². The first-order chi connectivity index (χ1) is 15.3. The molecule has 10 heteroatoms. The van der Waals surface area contributed by atoms with Gasteiger partial charge in [0.25, 0.3) is 11.8 Å². The van der Waals surface area contributed by atoms with Gasteiger partial charge in [-0.1, -0.05) is 41.9 Å². The average molecular weight is 474 g/mol. The van der Waals surface area contributed by atoms with Crippen molar-refractivity contribution >= 4 is 52.7 Å². The zero-order chi connectivity index (χ0) is 22.8. The van der Waals surface area contributed by atoms with Crippen LogP contribution in [0.4, 0.5) is 5.69 Å². The molecule has 3 N–H and O–H groups in total. The largest absolute Gasteiger partial charge is 0.452 e. The molecule has 0 spiro atoms. The molecule has 2 aromatic rings. The predicted octanol–water partition coefficient (Wildman–Crippen LogP) is 2.20. The molecule has 0 aromatic heterocycles. The summed E-state index contributed by atoms with van der Waals surface area (Å²) in [6.45, 7) is -0.361. The number of halogens is 1. The number of esters is 1. The predicted molar refractivity (Wildman–Crippen MR) is 119 cm³/mol. The monoisotopic (exact) mass is 473 g/mol. The molecule has 2 aliphatic rings. The number of ether oxygens (including phenoxy) is 1. The first kappa shape index (κ1) is 22.2. The van der Waals surface area contributed by atoms with Gasteiger partial charge in [0.2, 0.25) is 5.91 Å². The van der Waals surface area contributed by atoms with E-state index in [2.05, 4.69) is 5.32 Å². The van der Waals surface area contributed by atoms with Gasteiger partial charge in [-0.15, -0.1) is 11.8 Å². The first-order valence-corrected chi connectivity index (χ1v) is 11.2. The van der Waals surface area contributed by atoms with Crippen LogP contribution in [-0.2, 0) is 23.9 Å². The fraction of sp³-hybridized carbons (Fsp3) is 0.273. The molecule has 0 saturated carbocycles. The molecular weight excluding hydrogens is 454 g/mol. The smallest absolute Gasteiger partial charge is 0.306 e. The van der Waals surface area contributed by atoms with E-state index in [-0.39, 0.29) is 19.4 Å². The molecule has 4 rings (SSSR count). The highest BCUT2D eigenvalue weighted by atomic mass is 35.5. The fourth-order valence-electron chi connectivity index (χ4n) is 3.74. The van der Waals surface area contributed by atoms with Crippen molar-refractivity contribution in [1.29, 1.82) is 0 Å². The van der Waals surface area contributed by atoms with E-state index in [9.17, 15) is 19.2 Å². The quantitative estimate of drug-likeness (QED) is 0.642. The van der Waals surface area contributed by atoms with Crippen LogP contribution in [0.1, 0.15) is 23.7 Å². The number of carbonyl (C=O) groups is 4. The Morgan fingerprint density at radius 2 is 1.94 bits per heavy atom. The Bertz CT molecular complexity index is 1080. The molecule has 3 amide bonds. The molecule has 8 nitrogen and oxygen atoms in total. The number of amides is 3. The van der Waals surface area contributed by atoms with Gasteiger partial charge in [-0.3, -0.25) is 19.2 Å². The van der Waals surface area contributed by atoms with Gasteiger partial charge in [-0.05, 0) is 23.8 Å². The van der Waals surface area contributed by atoms with Crippen LogP contribution in [0.3, 0.4) is 0 Å². The topological polar surface area (TPSA) is 119 Å². The third kappa shape index (κ3) is 4.58. The van der Waals surface area contributed by atoms with Gasteiger partial charge in [0, 0.05) is 22.8 Å². The lowest BCUT2D eigenvalue weighted by molar-refractivity contribution is -0.148. The molecule has 32 heavy (non-hydrogen) atoms. The Morgan fingerprint density at radius 3 is 2.59 bits per heavy atom. The van der Waals surface area contributed by atoms with E-state index >= 15 is 0 Å². The summed E-state index contributed by atoms with van der Waals surface area (Å²) in [4.78, 5) is 51.7. The highest BCUT2D eigenvalue weighted by molar-refractivity contribution is 7.99. The summed E-state index contributed by atoms with van der Waals surface area (Å²) in [5.74, 6) is -2.21. The minimum atomic E-state index is -1.04. The van der Waals surface area contributed by atoms with Crippen LogP contribution in [0.15, 0.2) is 53.4 Å². The number of benzene rings is 2. The van der Waals surface area contributed by atoms with Crippen molar-refractivity contribution in [2.24, 2.45) is 5.73 Å². The maximum atomic E-state index is 13.7. The minimum Gasteiger partial charge on any atom is -0.452 e. The van der Waals surface area contributed by atoms with Crippen LogP contribution < -0.4 is 16.0 Å². The normalized spacial score (nSPS) is 22.7. The van der Waals surface area contributed by atoms with E-state index in [1.54, 1.807) is 18.2 Å². The Labute approximate surface area is 193 Å². The number of primary amides is 1. The fourth-order valence-corrected chi connectivity index (χ4v) is 5.36. The van der Waals surface area contributed by atoms with Crippen molar-refractivity contribution < 1.29 is 23.9 Å². The lowest BCUT2D eigenvalue weighted by atomic mass is 10.0. The molecule has 0 aliphatic carbocycles. The highest BCUT2D eigenvalue weighted by Crippen LogP contribution is 2.46. The summed E-state index contributed by atoms with van der Waals surface area (Å²) in [6.07, 6.45) is -0.567. The van der Waals surface area contributed by atoms with Gasteiger partial charge in [0.05, 0.1) is 10.9 Å². The number of thioether (sulfide) groups is 1. The molecule has 3 atom stereocenters. The lowest BCUT2D eigenvalue weighted by Crippen LogP contribution is -2.54. The van der Waals surface area contributed by atoms with Gasteiger partial charge in [-0.2, -0.15) is 0 Å². The van der Waals surface area contributed by atoms with Crippen LogP contribution in [0.25, 0.3) is 0 Å². The highest BCUT2D eigenvalue weighted by Gasteiger charge is 2.42. The van der Waals surface area contributed by atoms with Gasteiger partial charge < -0.3 is 20.7 Å². The third-order valence-corrected chi connectivity index (χ3v) is 6.83. The summed E-state index contributed by atoms with van der Waals surface area (Å²) in [7, 11) is 0. The Balaban J connectivity index is 1.77. The number of cyclic esters (lactones) is 1. The number of nitrogens with zero attached hydrogens (tertiary/aromatic N) is 1. The van der Waals surface area contributed by atoms with E-state index < -0.39 is 41.1 Å². The number of fused-ring (bicyclic) bond motifs is 1. The SMILES string of the molecule is NC(=O)CN1C(=O)[C@@H](NC(=O)[C@@H]2CCC(=O)O2)[C@@H](c2ccccc2)Sc2cc(Cl)ccc21. The van der Waals surface area contributed by atoms with Gasteiger partial charge in [0.15, 0.2) is 6.10 Å². The Morgan fingerprint density at radius 1 is 1.19 bits per heavy atom. The molecule has 2 heterocycles. The van der Waals surface area contributed by atoms with Crippen molar-refractivity contribution in [3.05, 3.63) is 59.1 Å². The van der Waals surface area contributed by atoms with E-state index in [1.165, 1.54) is 16.7 Å². The number of carbonyl (C=O) groups excluding carboxylic acids is 4. The van der Waals surface area contributed by atoms with Crippen LogP contribution in [0, 0.1) is 0 Å². The Kier molecular flexibility index (Phi) is 6.38. The van der Waals surface area contributed by atoms with Crippen molar-refractivity contribution in [1.82, 2.24) is 5.32 Å². The number of anilines is 1. The second kappa shape index (κ2) is 9.22. The van der Waals surface area contributed by atoms with Crippen molar-refractivity contribution in [2.45, 2.75) is 35.1 Å². The second-order valence-electron chi connectivity index (χ2n) is 7.46. The van der Waals surface area contributed by atoms with E-state index in [0.29, 0.717) is 15.6 Å². The number of hydrogen-bond acceptors (Lipinski definition) is 6. The van der Waals surface area contributed by atoms with E-state index in [1.807, 2.05) is 30.3 Å². The maximum Gasteiger partial charge on any atom is 0.306 e. The van der Waals surface area contributed by atoms with Crippen LogP contribution in [0.5, 0.6) is 0 Å². The number of hydrogen-bond donors (Lipinski definition) is 2. The third-order valence-electron chi connectivity index (χ3n) is 5.22. The summed E-state index contributed by atoms with van der Waals surface area (Å²) >= 11 is 7.56. The van der Waals surface area contributed by atoms with Crippen molar-refractivity contribution in [3.63, 3.8) is 0 Å². The molecule has 166 valence electrons. The molecule has 1 saturated heterocycles. The summed E-state index contributed by atoms with van der Waals surface area (Å²) in [5, 5.41) is 2.70. The summed E-state index contributed by atoms with van der Waals surface area (Å²) < 4.78 is 5.07. The minimum absolute atomic E-state index is 0.144. The van der Waals surface area contributed by atoms with Crippen LogP contribution >= 0.6 is 23.4 Å². The van der Waals surface area contributed by atoms with Gasteiger partial charge in [-0.25, -0.2) is 0 Å². The molecule has 0 bridgehead atoms. The average Bonchev–Trinajstić information content (AvgIpc) is 3.17. The second-order valence-corrected chi connectivity index (χ2v) is 9.08. The molecular formula is C22H20ClN3O5S. The molecule has 2 aliphatic heterocycles. The van der Waals surface area contributed by atoms with Gasteiger partial charge >= 0.3 is 5.97 Å². The van der Waals surface area contributed by atoms with E-state index in [0.717, 1.165) is 5.56 Å². The number of rotatable bonds is 5. The standard InChI is InChI=1S/C22H20ClN3O5S/c23-13-6-7-14-16(10-13)32-20(12-4-2-1-3-5-12)19(22(30)26(14)11-17(24)27)25-21(29)15-8-9-18(28)31-15/h1-7,10,15,19-20H,8-9,11H2,(H2,24,27)(H,25,29)/t15-,19-,20+/m0/s1. The summed E-state index contributed by atoms with van der Waals surface area (Å²) in [6, 6.07) is 13.2. The summed E-state index contributed by atoms with van der Waals surface area (Å²) in [5.41, 5.74) is 6.70. The molecule has 2 aromatic carbocycles. The maximum absolute atomic E-state index is 13.7. The van der Waals surface area contributed by atoms with Crippen molar-refractivity contribution in [3.8, 4) is 0 Å². The molecule has 0 radical (unpaired) electrons. The van der Waals surface area contributed by atoms with Crippen LogP contribution in [-0.4, -0.2) is 42.4 Å². The Hall–Kier alpha value is -3.04. The first-order valence-electron chi connectivity index (χ1n) is 9.94. The van der Waals surface area contributed by atoms with Crippen molar-refractivity contribution in [2.75, 3.05) is 11.4 Å². The molecule has 0 unspecified atom stereocenters. The zero-order valence-electron chi connectivity index (χ0n) is 16.8. The zero-order valence-corrected chi connectivity index (χ0v) is 18.4. The lowest BCUT2D eigenvalue weighted by Gasteiger charge is -2.28. The molecule has 1 fully saturated rings. The van der Waals surface area contributed by atoms with E-state index in [4.69, 9.17) is 22.1 Å².